The van der Waals surface area contributed by atoms with Gasteiger partial charge >= 0.3 is 0 Å². The zero-order valence-corrected chi connectivity index (χ0v) is 11.5. The second-order valence-electron chi connectivity index (χ2n) is 4.62. The van der Waals surface area contributed by atoms with E-state index >= 15 is 0 Å². The summed E-state index contributed by atoms with van der Waals surface area (Å²) in [6.45, 7) is 1.98. The van der Waals surface area contributed by atoms with Crippen molar-refractivity contribution < 1.29 is 9.50 Å². The predicted octanol–water partition coefficient (Wildman–Crippen LogP) is 3.76. The van der Waals surface area contributed by atoms with Gasteiger partial charge in [-0.3, -0.25) is 0 Å². The number of aliphatic hydroxyl groups is 1. The Morgan fingerprint density at radius 3 is 2.44 bits per heavy atom. The summed E-state index contributed by atoms with van der Waals surface area (Å²) in [7, 11) is 0. The molecule has 1 nitrogen and oxygen atoms in total. The van der Waals surface area contributed by atoms with Gasteiger partial charge in [0.05, 0.1) is 6.10 Å². The van der Waals surface area contributed by atoms with Crippen molar-refractivity contribution in [1.82, 2.24) is 0 Å². The van der Waals surface area contributed by atoms with Crippen molar-refractivity contribution in [3.05, 3.63) is 32.6 Å². The smallest absolute Gasteiger partial charge is 0.124 e. The summed E-state index contributed by atoms with van der Waals surface area (Å²) in [5.74, 6) is 0.345. The van der Waals surface area contributed by atoms with Crippen LogP contribution in [0.4, 0.5) is 4.39 Å². The lowest BCUT2D eigenvalue weighted by atomic mass is 9.81. The molecule has 0 saturated heterocycles. The molecule has 0 amide bonds. The molecule has 1 fully saturated rings. The Labute approximate surface area is 109 Å². The van der Waals surface area contributed by atoms with E-state index in [1.807, 2.05) is 6.92 Å². The Kier molecular flexibility index (Phi) is 3.85. The zero-order chi connectivity index (χ0) is 11.7. The van der Waals surface area contributed by atoms with Crippen molar-refractivity contribution in [1.29, 1.82) is 0 Å². The van der Waals surface area contributed by atoms with Crippen molar-refractivity contribution >= 4 is 22.6 Å². The largest absolute Gasteiger partial charge is 0.393 e. The Balaban J connectivity index is 2.26. The van der Waals surface area contributed by atoms with Gasteiger partial charge in [-0.15, -0.1) is 0 Å². The van der Waals surface area contributed by atoms with Crippen molar-refractivity contribution in [2.24, 2.45) is 0 Å². The van der Waals surface area contributed by atoms with Gasteiger partial charge in [-0.1, -0.05) is 0 Å². The van der Waals surface area contributed by atoms with Gasteiger partial charge in [-0.25, -0.2) is 4.39 Å². The summed E-state index contributed by atoms with van der Waals surface area (Å²) in [6.07, 6.45) is 3.65. The highest BCUT2D eigenvalue weighted by molar-refractivity contribution is 14.1. The maximum atomic E-state index is 13.2. The molecule has 0 heterocycles. The molecule has 0 unspecified atom stereocenters. The maximum Gasteiger partial charge on any atom is 0.124 e. The third kappa shape index (κ3) is 2.56. The molecule has 0 atom stereocenters. The van der Waals surface area contributed by atoms with Crippen LogP contribution in [0.5, 0.6) is 0 Å². The quantitative estimate of drug-likeness (QED) is 0.776. The first-order chi connectivity index (χ1) is 7.58. The molecule has 2 rings (SSSR count). The fourth-order valence-electron chi connectivity index (χ4n) is 2.59. The molecule has 1 aromatic rings. The van der Waals surface area contributed by atoms with E-state index < -0.39 is 0 Å². The lowest BCUT2D eigenvalue weighted by Gasteiger charge is -2.27. The van der Waals surface area contributed by atoms with Crippen LogP contribution < -0.4 is 0 Å². The van der Waals surface area contributed by atoms with Gasteiger partial charge in [-0.05, 0) is 84.4 Å². The van der Waals surface area contributed by atoms with E-state index in [4.69, 9.17) is 0 Å². The van der Waals surface area contributed by atoms with Crippen LogP contribution in [0, 0.1) is 16.3 Å². The van der Waals surface area contributed by atoms with Gasteiger partial charge in [0.15, 0.2) is 0 Å². The molecular weight excluding hydrogens is 318 g/mol. The number of hydrogen-bond acceptors (Lipinski definition) is 1. The molecule has 1 aliphatic carbocycles. The third-order valence-corrected chi connectivity index (χ3v) is 4.30. The van der Waals surface area contributed by atoms with Crippen LogP contribution in [0.1, 0.15) is 42.7 Å². The summed E-state index contributed by atoms with van der Waals surface area (Å²) in [5.41, 5.74) is 2.33. The van der Waals surface area contributed by atoms with E-state index in [0.717, 1.165) is 34.8 Å². The van der Waals surface area contributed by atoms with Crippen LogP contribution in [0.3, 0.4) is 0 Å². The summed E-state index contributed by atoms with van der Waals surface area (Å²) < 4.78 is 14.2. The molecular formula is C13H16FIO. The summed E-state index contributed by atoms with van der Waals surface area (Å²) in [5, 5.41) is 9.49. The Bertz CT molecular complexity index is 361. The molecule has 1 aromatic carbocycles. The fourth-order valence-corrected chi connectivity index (χ4v) is 3.76. The highest BCUT2D eigenvalue weighted by Crippen LogP contribution is 2.37. The first-order valence-electron chi connectivity index (χ1n) is 5.71. The molecule has 3 heteroatoms. The minimum absolute atomic E-state index is 0.130. The fraction of sp³-hybridized carbons (Fsp3) is 0.538. The molecule has 0 spiro atoms. The molecule has 1 saturated carbocycles. The maximum absolute atomic E-state index is 13.2. The Morgan fingerprint density at radius 2 is 1.88 bits per heavy atom. The monoisotopic (exact) mass is 334 g/mol. The topological polar surface area (TPSA) is 20.2 Å². The number of halogens is 2. The number of rotatable bonds is 1. The lowest BCUT2D eigenvalue weighted by Crippen LogP contribution is -2.18. The average Bonchev–Trinajstić information content (AvgIpc) is 2.19. The third-order valence-electron chi connectivity index (χ3n) is 3.41. The molecule has 0 bridgehead atoms. The van der Waals surface area contributed by atoms with Crippen LogP contribution in [-0.4, -0.2) is 11.2 Å². The molecule has 88 valence electrons. The van der Waals surface area contributed by atoms with Crippen molar-refractivity contribution in [2.75, 3.05) is 0 Å². The van der Waals surface area contributed by atoms with Gasteiger partial charge in [0.1, 0.15) is 5.82 Å². The van der Waals surface area contributed by atoms with Gasteiger partial charge in [0.2, 0.25) is 0 Å². The van der Waals surface area contributed by atoms with Gasteiger partial charge in [0.25, 0.3) is 0 Å². The second kappa shape index (κ2) is 5.00. The summed E-state index contributed by atoms with van der Waals surface area (Å²) in [6, 6.07) is 3.22. The van der Waals surface area contributed by atoms with E-state index in [-0.39, 0.29) is 11.9 Å². The van der Waals surface area contributed by atoms with Crippen LogP contribution >= 0.6 is 22.6 Å². The normalized spacial score (nSPS) is 25.8. The van der Waals surface area contributed by atoms with Gasteiger partial charge < -0.3 is 5.11 Å². The summed E-state index contributed by atoms with van der Waals surface area (Å²) >= 11 is 2.22. The Hall–Kier alpha value is -0.160. The molecule has 0 aromatic heterocycles. The average molecular weight is 334 g/mol. The number of hydrogen-bond donors (Lipinski definition) is 1. The van der Waals surface area contributed by atoms with Crippen molar-refractivity contribution in [3.63, 3.8) is 0 Å². The molecule has 1 aliphatic rings. The highest BCUT2D eigenvalue weighted by Gasteiger charge is 2.23. The number of aliphatic hydroxyl groups excluding tert-OH is 1. The molecule has 0 aliphatic heterocycles. The van der Waals surface area contributed by atoms with Gasteiger partial charge in [0, 0.05) is 3.57 Å². The standard InChI is InChI=1S/C13H16FIO/c1-8-6-10(14)7-12(15)13(8)9-2-4-11(16)5-3-9/h6-7,9,11,16H,2-5H2,1H3. The first-order valence-corrected chi connectivity index (χ1v) is 6.79. The lowest BCUT2D eigenvalue weighted by molar-refractivity contribution is 0.122. The van der Waals surface area contributed by atoms with E-state index in [1.165, 1.54) is 5.56 Å². The van der Waals surface area contributed by atoms with Gasteiger partial charge in [-0.2, -0.15) is 0 Å². The van der Waals surface area contributed by atoms with Crippen LogP contribution in [0.2, 0.25) is 0 Å². The van der Waals surface area contributed by atoms with Crippen LogP contribution in [0.15, 0.2) is 12.1 Å². The Morgan fingerprint density at radius 1 is 1.25 bits per heavy atom. The van der Waals surface area contributed by atoms with E-state index in [0.29, 0.717) is 5.92 Å². The minimum atomic E-state index is -0.151. The second-order valence-corrected chi connectivity index (χ2v) is 5.79. The molecule has 0 radical (unpaired) electrons. The van der Waals surface area contributed by atoms with E-state index in [9.17, 15) is 9.50 Å². The SMILES string of the molecule is Cc1cc(F)cc(I)c1C1CCC(O)CC1. The predicted molar refractivity (Wildman–Crippen MR) is 71.1 cm³/mol. The minimum Gasteiger partial charge on any atom is -0.393 e. The van der Waals surface area contributed by atoms with Crippen molar-refractivity contribution in [3.8, 4) is 0 Å². The van der Waals surface area contributed by atoms with E-state index in [1.54, 1.807) is 12.1 Å². The van der Waals surface area contributed by atoms with Crippen molar-refractivity contribution in [2.45, 2.75) is 44.6 Å². The number of benzene rings is 1. The first kappa shape index (κ1) is 12.3. The number of aryl methyl sites for hydroxylation is 1. The van der Waals surface area contributed by atoms with Crippen LogP contribution in [0.25, 0.3) is 0 Å². The zero-order valence-electron chi connectivity index (χ0n) is 9.34. The molecule has 16 heavy (non-hydrogen) atoms. The van der Waals surface area contributed by atoms with E-state index in [2.05, 4.69) is 22.6 Å². The van der Waals surface area contributed by atoms with Crippen LogP contribution in [-0.2, 0) is 0 Å². The highest BCUT2D eigenvalue weighted by atomic mass is 127. The molecule has 1 N–H and O–H groups in total. The summed E-state index contributed by atoms with van der Waals surface area (Å²) in [4.78, 5) is 0.